The van der Waals surface area contributed by atoms with Crippen molar-refractivity contribution < 1.29 is 0 Å². The number of thiazole rings is 1. The van der Waals surface area contributed by atoms with Crippen molar-refractivity contribution in [3.8, 4) is 0 Å². The van der Waals surface area contributed by atoms with Crippen LogP contribution < -0.4 is 0 Å². The van der Waals surface area contributed by atoms with Gasteiger partial charge >= 0.3 is 0 Å². The minimum Gasteiger partial charge on any atom is -0.250 e. The zero-order valence-electron chi connectivity index (χ0n) is 9.27. The SMILES string of the molecule is ClCC(Cc1cccc(Cl)c1)Cc1nccs1. The van der Waals surface area contributed by atoms with E-state index in [1.807, 2.05) is 29.8 Å². The third-order valence-corrected chi connectivity index (χ3v) is 4.05. The highest BCUT2D eigenvalue weighted by atomic mass is 35.5. The van der Waals surface area contributed by atoms with Crippen LogP contribution in [-0.4, -0.2) is 10.9 Å². The van der Waals surface area contributed by atoms with Gasteiger partial charge in [-0.3, -0.25) is 0 Å². The smallest absolute Gasteiger partial charge is 0.0928 e. The molecule has 1 aromatic carbocycles. The number of nitrogens with zero attached hydrogens (tertiary/aromatic N) is 1. The van der Waals surface area contributed by atoms with E-state index in [9.17, 15) is 0 Å². The number of alkyl halides is 1. The summed E-state index contributed by atoms with van der Waals surface area (Å²) in [4.78, 5) is 4.30. The first kappa shape index (κ1) is 12.9. The summed E-state index contributed by atoms with van der Waals surface area (Å²) in [5.41, 5.74) is 1.24. The van der Waals surface area contributed by atoms with Crippen molar-refractivity contribution >= 4 is 34.5 Å². The fraction of sp³-hybridized carbons (Fsp3) is 0.308. The van der Waals surface area contributed by atoms with E-state index >= 15 is 0 Å². The number of hydrogen-bond donors (Lipinski definition) is 0. The van der Waals surface area contributed by atoms with Gasteiger partial charge in [-0.1, -0.05) is 23.7 Å². The molecule has 0 bridgehead atoms. The summed E-state index contributed by atoms with van der Waals surface area (Å²) < 4.78 is 0. The summed E-state index contributed by atoms with van der Waals surface area (Å²) in [6.07, 6.45) is 3.72. The highest BCUT2D eigenvalue weighted by molar-refractivity contribution is 7.09. The van der Waals surface area contributed by atoms with E-state index < -0.39 is 0 Å². The lowest BCUT2D eigenvalue weighted by atomic mass is 9.98. The topological polar surface area (TPSA) is 12.9 Å². The van der Waals surface area contributed by atoms with Crippen molar-refractivity contribution in [1.82, 2.24) is 4.98 Å². The van der Waals surface area contributed by atoms with Crippen LogP contribution in [0.1, 0.15) is 10.6 Å². The Morgan fingerprint density at radius 3 is 2.82 bits per heavy atom. The molecule has 2 aromatic rings. The first-order valence-electron chi connectivity index (χ1n) is 5.46. The van der Waals surface area contributed by atoms with Gasteiger partial charge in [-0.15, -0.1) is 22.9 Å². The summed E-state index contributed by atoms with van der Waals surface area (Å²) >= 11 is 13.7. The molecule has 0 aliphatic heterocycles. The van der Waals surface area contributed by atoms with Gasteiger partial charge in [0, 0.05) is 28.9 Å². The molecule has 0 aliphatic rings. The van der Waals surface area contributed by atoms with E-state index in [2.05, 4.69) is 11.1 Å². The Balaban J connectivity index is 2.00. The van der Waals surface area contributed by atoms with Gasteiger partial charge < -0.3 is 0 Å². The Kier molecular flexibility index (Phi) is 4.84. The van der Waals surface area contributed by atoms with Crippen molar-refractivity contribution in [2.45, 2.75) is 12.8 Å². The molecule has 1 unspecified atom stereocenters. The van der Waals surface area contributed by atoms with Gasteiger partial charge in [-0.2, -0.15) is 0 Å². The minimum atomic E-state index is 0.418. The fourth-order valence-corrected chi connectivity index (χ4v) is 2.94. The van der Waals surface area contributed by atoms with E-state index in [1.165, 1.54) is 5.56 Å². The van der Waals surface area contributed by atoms with Crippen LogP contribution in [0, 0.1) is 5.92 Å². The molecule has 90 valence electrons. The molecular weight excluding hydrogens is 273 g/mol. The molecule has 0 saturated heterocycles. The lowest BCUT2D eigenvalue weighted by Crippen LogP contribution is -2.10. The molecule has 1 aromatic heterocycles. The average Bonchev–Trinajstić information content (AvgIpc) is 2.81. The van der Waals surface area contributed by atoms with Gasteiger partial charge in [-0.25, -0.2) is 4.98 Å². The molecule has 17 heavy (non-hydrogen) atoms. The number of halogens is 2. The minimum absolute atomic E-state index is 0.418. The van der Waals surface area contributed by atoms with Gasteiger partial charge in [-0.05, 0) is 30.0 Å². The molecular formula is C13H13Cl2NS. The van der Waals surface area contributed by atoms with Crippen LogP contribution in [0.2, 0.25) is 5.02 Å². The van der Waals surface area contributed by atoms with Gasteiger partial charge in [0.25, 0.3) is 0 Å². The highest BCUT2D eigenvalue weighted by Gasteiger charge is 2.11. The summed E-state index contributed by atoms with van der Waals surface area (Å²) in [5, 5.41) is 3.93. The Morgan fingerprint density at radius 2 is 2.18 bits per heavy atom. The van der Waals surface area contributed by atoms with Crippen molar-refractivity contribution in [1.29, 1.82) is 0 Å². The summed E-state index contributed by atoms with van der Waals surface area (Å²) in [6.45, 7) is 0. The van der Waals surface area contributed by atoms with E-state index in [0.29, 0.717) is 11.8 Å². The monoisotopic (exact) mass is 285 g/mol. The largest absolute Gasteiger partial charge is 0.250 e. The maximum Gasteiger partial charge on any atom is 0.0928 e. The van der Waals surface area contributed by atoms with E-state index in [-0.39, 0.29) is 0 Å². The van der Waals surface area contributed by atoms with Crippen LogP contribution in [0.4, 0.5) is 0 Å². The summed E-state index contributed by atoms with van der Waals surface area (Å²) in [6, 6.07) is 7.96. The molecule has 0 aliphatic carbocycles. The fourth-order valence-electron chi connectivity index (χ4n) is 1.78. The van der Waals surface area contributed by atoms with Gasteiger partial charge in [0.1, 0.15) is 0 Å². The standard InChI is InChI=1S/C13H13Cl2NS/c14-9-11(8-13-16-4-5-17-13)6-10-2-1-3-12(15)7-10/h1-5,7,11H,6,8-9H2. The van der Waals surface area contributed by atoms with Crippen LogP contribution in [0.5, 0.6) is 0 Å². The highest BCUT2D eigenvalue weighted by Crippen LogP contribution is 2.19. The molecule has 0 radical (unpaired) electrons. The third-order valence-electron chi connectivity index (χ3n) is 2.58. The lowest BCUT2D eigenvalue weighted by molar-refractivity contribution is 0.582. The Labute approximate surface area is 115 Å². The normalized spacial score (nSPS) is 12.6. The van der Waals surface area contributed by atoms with Gasteiger partial charge in [0.2, 0.25) is 0 Å². The number of hydrogen-bond acceptors (Lipinski definition) is 2. The second-order valence-corrected chi connectivity index (χ2v) is 5.71. The molecule has 0 amide bonds. The number of rotatable bonds is 5. The molecule has 1 nitrogen and oxygen atoms in total. The number of benzene rings is 1. The maximum absolute atomic E-state index is 6.02. The first-order valence-corrected chi connectivity index (χ1v) is 7.26. The lowest BCUT2D eigenvalue weighted by Gasteiger charge is -2.12. The summed E-state index contributed by atoms with van der Waals surface area (Å²) in [7, 11) is 0. The van der Waals surface area contributed by atoms with Gasteiger partial charge in [0.05, 0.1) is 5.01 Å². The van der Waals surface area contributed by atoms with Crippen LogP contribution in [0.15, 0.2) is 35.8 Å². The average molecular weight is 286 g/mol. The molecule has 0 fully saturated rings. The Morgan fingerprint density at radius 1 is 1.29 bits per heavy atom. The zero-order valence-corrected chi connectivity index (χ0v) is 11.6. The van der Waals surface area contributed by atoms with Crippen LogP contribution in [-0.2, 0) is 12.8 Å². The quantitative estimate of drug-likeness (QED) is 0.741. The van der Waals surface area contributed by atoms with Crippen molar-refractivity contribution in [3.05, 3.63) is 51.4 Å². The second-order valence-electron chi connectivity index (χ2n) is 3.98. The van der Waals surface area contributed by atoms with Crippen molar-refractivity contribution in [2.24, 2.45) is 5.92 Å². The number of aromatic nitrogens is 1. The second kappa shape index (κ2) is 6.39. The van der Waals surface area contributed by atoms with Crippen LogP contribution in [0.3, 0.4) is 0 Å². The van der Waals surface area contributed by atoms with Crippen molar-refractivity contribution in [3.63, 3.8) is 0 Å². The molecule has 2 rings (SSSR count). The van der Waals surface area contributed by atoms with E-state index in [0.717, 1.165) is 22.9 Å². The zero-order chi connectivity index (χ0) is 12.1. The Bertz CT molecular complexity index is 456. The van der Waals surface area contributed by atoms with Gasteiger partial charge in [0.15, 0.2) is 0 Å². The maximum atomic E-state index is 6.02. The molecule has 0 spiro atoms. The molecule has 0 saturated carbocycles. The first-order chi connectivity index (χ1) is 8.28. The molecule has 1 atom stereocenters. The predicted octanol–water partition coefficient (Wildman–Crippen LogP) is 4.44. The van der Waals surface area contributed by atoms with Crippen LogP contribution in [0.25, 0.3) is 0 Å². The van der Waals surface area contributed by atoms with E-state index in [4.69, 9.17) is 23.2 Å². The molecule has 1 heterocycles. The summed E-state index contributed by atoms with van der Waals surface area (Å²) in [5.74, 6) is 1.06. The molecule has 0 N–H and O–H groups in total. The Hall–Kier alpha value is -0.570. The van der Waals surface area contributed by atoms with Crippen LogP contribution >= 0.6 is 34.5 Å². The van der Waals surface area contributed by atoms with Crippen molar-refractivity contribution in [2.75, 3.05) is 5.88 Å². The molecule has 4 heteroatoms. The third kappa shape index (κ3) is 3.98. The van der Waals surface area contributed by atoms with E-state index in [1.54, 1.807) is 11.3 Å². The predicted molar refractivity (Wildman–Crippen MR) is 75.2 cm³/mol.